The van der Waals surface area contributed by atoms with Gasteiger partial charge in [0.2, 0.25) is 0 Å². The highest BCUT2D eigenvalue weighted by molar-refractivity contribution is 6.37. The van der Waals surface area contributed by atoms with Crippen molar-refractivity contribution in [3.8, 4) is 6.07 Å². The third kappa shape index (κ3) is 2.88. The van der Waals surface area contributed by atoms with Gasteiger partial charge in [0.15, 0.2) is 11.5 Å². The molecule has 2 heterocycles. The number of hydrazone groups is 1. The Morgan fingerprint density at radius 3 is 2.50 bits per heavy atom. The van der Waals surface area contributed by atoms with Crippen LogP contribution in [0.4, 0.5) is 11.5 Å². The molecule has 118 valence electrons. The van der Waals surface area contributed by atoms with Gasteiger partial charge in [-0.25, -0.2) is 4.98 Å². The van der Waals surface area contributed by atoms with Gasteiger partial charge in [-0.2, -0.15) is 15.4 Å². The first kappa shape index (κ1) is 15.4. The van der Waals surface area contributed by atoms with Crippen molar-refractivity contribution in [3.63, 3.8) is 0 Å². The molecule has 0 spiro atoms. The van der Waals surface area contributed by atoms with Crippen molar-refractivity contribution in [1.29, 1.82) is 5.26 Å². The van der Waals surface area contributed by atoms with E-state index in [1.807, 2.05) is 49.3 Å². The standard InChI is InChI=1S/C18H15N5O/c1-22(2)14-8-6-13(7-9-14)11-15-16(12-19)21-23(18(15)24)17-5-3-4-10-20-17/h3-11H,1-2H3/b15-11-. The van der Waals surface area contributed by atoms with Crippen LogP contribution < -0.4 is 9.91 Å². The maximum atomic E-state index is 12.6. The molecular weight excluding hydrogens is 302 g/mol. The number of anilines is 2. The summed E-state index contributed by atoms with van der Waals surface area (Å²) < 4.78 is 0. The van der Waals surface area contributed by atoms with Gasteiger partial charge in [0.25, 0.3) is 5.91 Å². The van der Waals surface area contributed by atoms with Crippen molar-refractivity contribution in [2.45, 2.75) is 0 Å². The van der Waals surface area contributed by atoms with Crippen molar-refractivity contribution < 1.29 is 4.79 Å². The number of carbonyl (C=O) groups excluding carboxylic acids is 1. The van der Waals surface area contributed by atoms with E-state index in [0.717, 1.165) is 16.3 Å². The smallest absolute Gasteiger partial charge is 0.283 e. The summed E-state index contributed by atoms with van der Waals surface area (Å²) in [7, 11) is 3.91. The van der Waals surface area contributed by atoms with Crippen LogP contribution in [0.2, 0.25) is 0 Å². The molecule has 2 aromatic rings. The lowest BCUT2D eigenvalue weighted by atomic mass is 10.1. The van der Waals surface area contributed by atoms with Crippen molar-refractivity contribution in [2.75, 3.05) is 24.0 Å². The van der Waals surface area contributed by atoms with Gasteiger partial charge in [-0.15, -0.1) is 0 Å². The zero-order chi connectivity index (χ0) is 17.1. The van der Waals surface area contributed by atoms with Gasteiger partial charge in [-0.3, -0.25) is 4.79 Å². The third-order valence-electron chi connectivity index (χ3n) is 3.57. The molecule has 1 aromatic heterocycles. The van der Waals surface area contributed by atoms with E-state index in [-0.39, 0.29) is 17.2 Å². The minimum atomic E-state index is -0.359. The largest absolute Gasteiger partial charge is 0.378 e. The highest BCUT2D eigenvalue weighted by Gasteiger charge is 2.31. The van der Waals surface area contributed by atoms with E-state index < -0.39 is 0 Å². The zero-order valence-electron chi connectivity index (χ0n) is 13.3. The summed E-state index contributed by atoms with van der Waals surface area (Å²) in [6.07, 6.45) is 3.25. The van der Waals surface area contributed by atoms with Gasteiger partial charge < -0.3 is 4.90 Å². The summed E-state index contributed by atoms with van der Waals surface area (Å²) >= 11 is 0. The van der Waals surface area contributed by atoms with Gasteiger partial charge in [0.05, 0.1) is 5.57 Å². The first-order valence-corrected chi connectivity index (χ1v) is 7.34. The number of hydrogen-bond acceptors (Lipinski definition) is 5. The minimum Gasteiger partial charge on any atom is -0.378 e. The Kier molecular flexibility index (Phi) is 4.08. The van der Waals surface area contributed by atoms with Crippen molar-refractivity contribution >= 4 is 29.2 Å². The predicted octanol–water partition coefficient (Wildman–Crippen LogP) is 2.46. The van der Waals surface area contributed by atoms with E-state index in [1.165, 1.54) is 0 Å². The summed E-state index contributed by atoms with van der Waals surface area (Å²) in [6, 6.07) is 14.9. The topological polar surface area (TPSA) is 72.6 Å². The van der Waals surface area contributed by atoms with E-state index in [0.29, 0.717) is 5.82 Å². The monoisotopic (exact) mass is 317 g/mol. The maximum absolute atomic E-state index is 12.6. The second-order valence-corrected chi connectivity index (χ2v) is 5.41. The lowest BCUT2D eigenvalue weighted by molar-refractivity contribution is -0.114. The van der Waals surface area contributed by atoms with Crippen LogP contribution in [0.15, 0.2) is 59.3 Å². The fraction of sp³-hybridized carbons (Fsp3) is 0.111. The first-order chi connectivity index (χ1) is 11.6. The lowest BCUT2D eigenvalue weighted by Gasteiger charge is -2.12. The molecule has 1 aliphatic rings. The second kappa shape index (κ2) is 6.34. The van der Waals surface area contributed by atoms with E-state index in [9.17, 15) is 10.1 Å². The molecule has 6 nitrogen and oxygen atoms in total. The molecule has 0 saturated carbocycles. The Morgan fingerprint density at radius 1 is 1.17 bits per heavy atom. The fourth-order valence-corrected chi connectivity index (χ4v) is 2.30. The molecule has 3 rings (SSSR count). The van der Waals surface area contributed by atoms with Gasteiger partial charge in [0.1, 0.15) is 6.07 Å². The molecule has 0 fully saturated rings. The summed E-state index contributed by atoms with van der Waals surface area (Å²) in [5, 5.41) is 14.5. The normalized spacial score (nSPS) is 15.4. The first-order valence-electron chi connectivity index (χ1n) is 7.34. The Balaban J connectivity index is 1.94. The molecule has 0 bridgehead atoms. The summed E-state index contributed by atoms with van der Waals surface area (Å²) in [5.41, 5.74) is 2.23. The molecule has 0 aliphatic carbocycles. The molecule has 1 amide bonds. The number of aromatic nitrogens is 1. The lowest BCUT2D eigenvalue weighted by Crippen LogP contribution is -2.22. The minimum absolute atomic E-state index is 0.0855. The Hall–Kier alpha value is -3.46. The van der Waals surface area contributed by atoms with Crippen LogP contribution in [-0.2, 0) is 4.79 Å². The van der Waals surface area contributed by atoms with Crippen molar-refractivity contribution in [3.05, 3.63) is 59.8 Å². The number of nitrogens with zero attached hydrogens (tertiary/aromatic N) is 5. The van der Waals surface area contributed by atoms with Crippen molar-refractivity contribution in [2.24, 2.45) is 5.10 Å². The predicted molar refractivity (Wildman–Crippen MR) is 93.5 cm³/mol. The van der Waals surface area contributed by atoms with Crippen LogP contribution in [0.25, 0.3) is 6.08 Å². The Labute approximate surface area is 140 Å². The molecule has 1 aliphatic heterocycles. The highest BCUT2D eigenvalue weighted by Crippen LogP contribution is 2.23. The molecule has 0 atom stereocenters. The third-order valence-corrected chi connectivity index (χ3v) is 3.57. The zero-order valence-corrected chi connectivity index (χ0v) is 13.3. The van der Waals surface area contributed by atoms with Crippen LogP contribution in [0, 0.1) is 11.3 Å². The van der Waals surface area contributed by atoms with E-state index in [1.54, 1.807) is 30.5 Å². The highest BCUT2D eigenvalue weighted by atomic mass is 16.2. The number of carbonyl (C=O) groups is 1. The summed E-state index contributed by atoms with van der Waals surface area (Å²) in [6.45, 7) is 0. The van der Waals surface area contributed by atoms with E-state index in [2.05, 4.69) is 10.1 Å². The van der Waals surface area contributed by atoms with E-state index in [4.69, 9.17) is 0 Å². The molecule has 0 unspecified atom stereocenters. The van der Waals surface area contributed by atoms with E-state index >= 15 is 0 Å². The molecule has 0 radical (unpaired) electrons. The molecule has 0 N–H and O–H groups in total. The maximum Gasteiger partial charge on any atom is 0.283 e. The summed E-state index contributed by atoms with van der Waals surface area (Å²) in [5.74, 6) is 0.0311. The number of hydrogen-bond donors (Lipinski definition) is 0. The fourth-order valence-electron chi connectivity index (χ4n) is 2.30. The molecule has 1 aromatic carbocycles. The number of pyridine rings is 1. The van der Waals surface area contributed by atoms with Crippen LogP contribution >= 0.6 is 0 Å². The van der Waals surface area contributed by atoms with Gasteiger partial charge in [0, 0.05) is 26.0 Å². The molecule has 0 saturated heterocycles. The number of nitriles is 1. The van der Waals surface area contributed by atoms with Crippen LogP contribution in [0.5, 0.6) is 0 Å². The molecule has 6 heteroatoms. The van der Waals surface area contributed by atoms with Crippen molar-refractivity contribution in [1.82, 2.24) is 4.98 Å². The molecule has 24 heavy (non-hydrogen) atoms. The van der Waals surface area contributed by atoms with Gasteiger partial charge in [-0.1, -0.05) is 18.2 Å². The Morgan fingerprint density at radius 2 is 1.92 bits per heavy atom. The van der Waals surface area contributed by atoms with Crippen LogP contribution in [0.3, 0.4) is 0 Å². The Bertz CT molecular complexity index is 861. The molecular formula is C18H15N5O. The number of rotatable bonds is 3. The average molecular weight is 317 g/mol. The number of benzene rings is 1. The number of amides is 1. The average Bonchev–Trinajstić information content (AvgIpc) is 2.92. The SMILES string of the molecule is CN(C)c1ccc(/C=C2\C(=O)N(c3ccccn3)N=C2C#N)cc1. The second-order valence-electron chi connectivity index (χ2n) is 5.41. The van der Waals surface area contributed by atoms with Gasteiger partial charge in [-0.05, 0) is 35.9 Å². The van der Waals surface area contributed by atoms with Crippen LogP contribution in [0.1, 0.15) is 5.56 Å². The summed E-state index contributed by atoms with van der Waals surface area (Å²) in [4.78, 5) is 18.7. The quantitative estimate of drug-likeness (QED) is 0.815. The van der Waals surface area contributed by atoms with Gasteiger partial charge >= 0.3 is 0 Å². The van der Waals surface area contributed by atoms with Crippen LogP contribution in [-0.4, -0.2) is 30.7 Å².